The lowest BCUT2D eigenvalue weighted by Gasteiger charge is -2.30. The molecule has 0 bridgehead atoms. The zero-order valence-corrected chi connectivity index (χ0v) is 20.1. The Hall–Kier alpha value is -3.62. The first-order valence-corrected chi connectivity index (χ1v) is 12.8. The largest absolute Gasteiger partial charge is 0.390 e. The third kappa shape index (κ3) is 3.86. The highest BCUT2D eigenvalue weighted by molar-refractivity contribution is 5.94. The monoisotopic (exact) mass is 479 g/mol. The molecule has 3 aliphatic rings. The van der Waals surface area contributed by atoms with Gasteiger partial charge < -0.3 is 20.6 Å². The maximum Gasteiger partial charge on any atom is 0.162 e. The number of aliphatic hydroxyl groups is 1. The van der Waals surface area contributed by atoms with Crippen LogP contribution in [0.5, 0.6) is 0 Å². The predicted octanol–water partition coefficient (Wildman–Crippen LogP) is 3.44. The van der Waals surface area contributed by atoms with Crippen molar-refractivity contribution in [2.24, 2.45) is 0 Å². The lowest BCUT2D eigenvalue weighted by molar-refractivity contribution is 0.165. The molecule has 8 heteroatoms. The van der Waals surface area contributed by atoms with Gasteiger partial charge in [0.15, 0.2) is 5.82 Å². The van der Waals surface area contributed by atoms with Crippen molar-refractivity contribution in [2.45, 2.75) is 37.3 Å². The molecular weight excluding hydrogens is 450 g/mol. The number of aliphatic hydroxyl groups excluding tert-OH is 1. The second-order valence-electron chi connectivity index (χ2n) is 10.0. The van der Waals surface area contributed by atoms with Gasteiger partial charge in [-0.3, -0.25) is 4.98 Å². The Kier molecular flexibility index (Phi) is 5.29. The van der Waals surface area contributed by atoms with E-state index in [0.29, 0.717) is 24.0 Å². The van der Waals surface area contributed by atoms with E-state index in [0.717, 1.165) is 54.0 Å². The maximum atomic E-state index is 10.7. The quantitative estimate of drug-likeness (QED) is 0.400. The van der Waals surface area contributed by atoms with Gasteiger partial charge >= 0.3 is 0 Å². The highest BCUT2D eigenvalue weighted by atomic mass is 16.3. The van der Waals surface area contributed by atoms with Crippen LogP contribution in [0.15, 0.2) is 55.0 Å². The number of nitrogens with zero attached hydrogens (tertiary/aromatic N) is 5. The Morgan fingerprint density at radius 2 is 1.86 bits per heavy atom. The summed E-state index contributed by atoms with van der Waals surface area (Å²) in [7, 11) is 0. The van der Waals surface area contributed by atoms with Crippen molar-refractivity contribution in [2.75, 3.05) is 36.4 Å². The number of pyridine rings is 2. The van der Waals surface area contributed by atoms with Gasteiger partial charge in [0.25, 0.3) is 0 Å². The van der Waals surface area contributed by atoms with Gasteiger partial charge in [-0.25, -0.2) is 15.0 Å². The Morgan fingerprint density at radius 3 is 2.72 bits per heavy atom. The zero-order valence-electron chi connectivity index (χ0n) is 20.1. The summed E-state index contributed by atoms with van der Waals surface area (Å²) in [6, 6.07) is 11.9. The molecule has 4 heterocycles. The average Bonchev–Trinajstić information content (AvgIpc) is 3.73. The van der Waals surface area contributed by atoms with E-state index in [4.69, 9.17) is 9.97 Å². The molecule has 2 aliphatic carbocycles. The van der Waals surface area contributed by atoms with Crippen LogP contribution < -0.4 is 15.5 Å². The van der Waals surface area contributed by atoms with Gasteiger partial charge in [0, 0.05) is 55.9 Å². The lowest BCUT2D eigenvalue weighted by atomic mass is 10.1. The molecule has 7 rings (SSSR count). The molecule has 2 fully saturated rings. The first kappa shape index (κ1) is 21.6. The topological polar surface area (TPSA) is 99.1 Å². The van der Waals surface area contributed by atoms with E-state index in [1.54, 1.807) is 6.20 Å². The molecule has 1 saturated carbocycles. The van der Waals surface area contributed by atoms with Crippen molar-refractivity contribution in [1.29, 1.82) is 0 Å². The number of piperazine rings is 1. The molecule has 182 valence electrons. The van der Waals surface area contributed by atoms with Gasteiger partial charge in [-0.15, -0.1) is 0 Å². The predicted molar refractivity (Wildman–Crippen MR) is 140 cm³/mol. The van der Waals surface area contributed by atoms with E-state index in [-0.39, 0.29) is 6.04 Å². The first-order chi connectivity index (χ1) is 17.7. The van der Waals surface area contributed by atoms with Crippen molar-refractivity contribution >= 4 is 22.5 Å². The van der Waals surface area contributed by atoms with Gasteiger partial charge in [0.05, 0.1) is 23.9 Å². The average molecular weight is 480 g/mol. The summed E-state index contributed by atoms with van der Waals surface area (Å²) in [5, 5.41) is 18.8. The van der Waals surface area contributed by atoms with Crippen LogP contribution in [0.25, 0.3) is 22.3 Å². The number of benzene rings is 1. The molecule has 0 radical (unpaired) electrons. The smallest absolute Gasteiger partial charge is 0.162 e. The van der Waals surface area contributed by atoms with Crippen LogP contribution in [0.2, 0.25) is 0 Å². The van der Waals surface area contributed by atoms with Crippen molar-refractivity contribution in [1.82, 2.24) is 25.3 Å². The van der Waals surface area contributed by atoms with Gasteiger partial charge in [-0.05, 0) is 47.6 Å². The summed E-state index contributed by atoms with van der Waals surface area (Å²) in [4.78, 5) is 21.6. The maximum absolute atomic E-state index is 10.7. The summed E-state index contributed by atoms with van der Waals surface area (Å²) >= 11 is 0. The number of rotatable bonds is 5. The molecule has 3 aromatic heterocycles. The van der Waals surface area contributed by atoms with E-state index in [1.165, 1.54) is 24.0 Å². The van der Waals surface area contributed by atoms with Crippen LogP contribution in [-0.4, -0.2) is 57.3 Å². The second kappa shape index (κ2) is 8.80. The molecule has 8 nitrogen and oxygen atoms in total. The zero-order chi connectivity index (χ0) is 24.1. The fraction of sp³-hybridized carbons (Fsp3) is 0.357. The Labute approximate surface area is 209 Å². The van der Waals surface area contributed by atoms with E-state index in [9.17, 15) is 5.11 Å². The lowest BCUT2D eigenvalue weighted by Crippen LogP contribution is -2.44. The third-order valence-corrected chi connectivity index (χ3v) is 7.58. The molecule has 3 N–H and O–H groups in total. The van der Waals surface area contributed by atoms with Gasteiger partial charge in [0.2, 0.25) is 0 Å². The van der Waals surface area contributed by atoms with Crippen LogP contribution in [-0.2, 0) is 6.42 Å². The fourth-order valence-corrected chi connectivity index (χ4v) is 5.58. The molecule has 36 heavy (non-hydrogen) atoms. The van der Waals surface area contributed by atoms with Gasteiger partial charge in [-0.2, -0.15) is 0 Å². The number of anilines is 2. The van der Waals surface area contributed by atoms with E-state index in [1.807, 2.05) is 36.7 Å². The minimum absolute atomic E-state index is 0.191. The molecule has 0 unspecified atom stereocenters. The summed E-state index contributed by atoms with van der Waals surface area (Å²) in [5.41, 5.74) is 5.36. The highest BCUT2D eigenvalue weighted by Gasteiger charge is 2.31. The fourth-order valence-electron chi connectivity index (χ4n) is 5.58. The van der Waals surface area contributed by atoms with Crippen LogP contribution in [0.3, 0.4) is 0 Å². The van der Waals surface area contributed by atoms with Crippen molar-refractivity contribution in [3.8, 4) is 11.4 Å². The number of aromatic nitrogens is 4. The Balaban J connectivity index is 1.28. The van der Waals surface area contributed by atoms with E-state index in [2.05, 4.69) is 37.6 Å². The molecular formula is C28H29N7O. The number of fused-ring (bicyclic) bond motifs is 2. The SMILES string of the molecule is O[C@@H]1Cc2ccccc2[C@@H]1Nc1cc(-c2nc(N3CCNCC3)c3c(C4CC4)cncc3n2)ccn1. The van der Waals surface area contributed by atoms with Crippen LogP contribution in [0.4, 0.5) is 11.6 Å². The number of nitrogens with one attached hydrogen (secondary N) is 2. The standard InChI is InChI=1S/C28H29N7O/c36-23-13-18-3-1-2-4-20(18)26(23)33-24-14-19(7-8-31-24)27-32-22-16-30-15-21(17-5-6-17)25(22)28(34-27)35-11-9-29-10-12-35/h1-4,7-8,14-17,23,26,29,36H,5-6,9-13H2,(H,31,33)/t23-,26+/m1/s1. The Morgan fingerprint density at radius 1 is 1.00 bits per heavy atom. The normalized spacial score (nSPS) is 21.5. The van der Waals surface area contributed by atoms with Gasteiger partial charge in [-0.1, -0.05) is 24.3 Å². The van der Waals surface area contributed by atoms with E-state index < -0.39 is 6.10 Å². The minimum Gasteiger partial charge on any atom is -0.390 e. The van der Waals surface area contributed by atoms with Crippen LogP contribution in [0, 0.1) is 0 Å². The molecule has 1 aromatic carbocycles. The molecule has 0 spiro atoms. The number of hydrogen-bond acceptors (Lipinski definition) is 8. The van der Waals surface area contributed by atoms with Gasteiger partial charge in [0.1, 0.15) is 11.6 Å². The van der Waals surface area contributed by atoms with Crippen molar-refractivity contribution in [3.63, 3.8) is 0 Å². The van der Waals surface area contributed by atoms with Crippen molar-refractivity contribution < 1.29 is 5.11 Å². The molecule has 1 aliphatic heterocycles. The summed E-state index contributed by atoms with van der Waals surface area (Å²) in [6.07, 6.45) is 8.22. The first-order valence-electron chi connectivity index (χ1n) is 12.8. The number of hydrogen-bond donors (Lipinski definition) is 3. The minimum atomic E-state index is -0.490. The molecule has 2 atom stereocenters. The summed E-state index contributed by atoms with van der Waals surface area (Å²) < 4.78 is 0. The van der Waals surface area contributed by atoms with Crippen LogP contribution >= 0.6 is 0 Å². The second-order valence-corrected chi connectivity index (χ2v) is 10.0. The van der Waals surface area contributed by atoms with Crippen molar-refractivity contribution in [3.05, 3.63) is 71.7 Å². The molecule has 0 amide bonds. The summed E-state index contributed by atoms with van der Waals surface area (Å²) in [5.74, 6) is 2.94. The highest BCUT2D eigenvalue weighted by Crippen LogP contribution is 2.45. The van der Waals surface area contributed by atoms with E-state index >= 15 is 0 Å². The molecule has 4 aromatic rings. The Bertz CT molecular complexity index is 1430. The summed E-state index contributed by atoms with van der Waals surface area (Å²) in [6.45, 7) is 3.72. The van der Waals surface area contributed by atoms with Crippen LogP contribution in [0.1, 0.15) is 41.5 Å². The molecule has 1 saturated heterocycles. The third-order valence-electron chi connectivity index (χ3n) is 7.58.